The second-order valence-electron chi connectivity index (χ2n) is 10.2. The van der Waals surface area contributed by atoms with Crippen LogP contribution < -0.4 is 20.2 Å². The number of carbonyl (C=O) groups is 4. The van der Waals surface area contributed by atoms with Gasteiger partial charge in [-0.05, 0) is 78.8 Å². The van der Waals surface area contributed by atoms with Gasteiger partial charge in [0, 0.05) is 10.4 Å². The summed E-state index contributed by atoms with van der Waals surface area (Å²) in [7, 11) is 1.53. The number of amides is 2. The van der Waals surface area contributed by atoms with Gasteiger partial charge in [-0.3, -0.25) is 9.59 Å². The maximum absolute atomic E-state index is 12.9. The third-order valence-electron chi connectivity index (χ3n) is 7.24. The van der Waals surface area contributed by atoms with Gasteiger partial charge in [0.1, 0.15) is 16.5 Å². The summed E-state index contributed by atoms with van der Waals surface area (Å²) in [6, 6.07) is 17.3. The van der Waals surface area contributed by atoms with E-state index in [4.69, 9.17) is 14.2 Å². The van der Waals surface area contributed by atoms with Crippen LogP contribution in [0, 0.1) is 5.92 Å². The standard InChI is InChI=1S/C33H31N3O7S/c1-4-42-33(40)28-24-15-9-19(2)17-27(24)44-31(28)35-29(37)30(38)36-34-18-25-23-8-6-5-7-20(23)12-16-26(25)43-32(39)21-10-13-22(41-3)14-11-21/h5-8,10-14,16,18-19H,4,9,15,17H2,1-3H3,(H,35,37)(H,36,38)/b34-18-/t19-/m0/s1. The molecule has 2 N–H and O–H groups in total. The quantitative estimate of drug-likeness (QED) is 0.0879. The van der Waals surface area contributed by atoms with Gasteiger partial charge in [0.25, 0.3) is 0 Å². The molecule has 0 radical (unpaired) electrons. The van der Waals surface area contributed by atoms with E-state index >= 15 is 0 Å². The van der Waals surface area contributed by atoms with E-state index in [-0.39, 0.29) is 17.4 Å². The van der Waals surface area contributed by atoms with Crippen LogP contribution in [0.5, 0.6) is 11.5 Å². The summed E-state index contributed by atoms with van der Waals surface area (Å²) in [6.07, 6.45) is 3.73. The van der Waals surface area contributed by atoms with Crippen LogP contribution in [0.1, 0.15) is 57.0 Å². The van der Waals surface area contributed by atoms with E-state index in [1.165, 1.54) is 24.7 Å². The zero-order chi connectivity index (χ0) is 31.2. The highest BCUT2D eigenvalue weighted by molar-refractivity contribution is 7.17. The van der Waals surface area contributed by atoms with Crippen LogP contribution in [0.15, 0.2) is 65.8 Å². The number of anilines is 1. The average molecular weight is 614 g/mol. The lowest BCUT2D eigenvalue weighted by atomic mass is 9.88. The number of ether oxygens (including phenoxy) is 3. The minimum Gasteiger partial charge on any atom is -0.497 e. The molecule has 1 aliphatic rings. The molecule has 1 aromatic heterocycles. The molecule has 0 bridgehead atoms. The fraction of sp³-hybridized carbons (Fsp3) is 0.242. The Hall–Kier alpha value is -5.03. The lowest BCUT2D eigenvalue weighted by Crippen LogP contribution is -2.32. The highest BCUT2D eigenvalue weighted by Gasteiger charge is 2.30. The zero-order valence-electron chi connectivity index (χ0n) is 24.5. The number of hydrazone groups is 1. The number of rotatable bonds is 8. The second-order valence-corrected chi connectivity index (χ2v) is 11.4. The molecule has 11 heteroatoms. The molecule has 10 nitrogen and oxygen atoms in total. The van der Waals surface area contributed by atoms with Crippen molar-refractivity contribution in [3.05, 3.63) is 87.8 Å². The number of hydrogen-bond acceptors (Lipinski definition) is 9. The highest BCUT2D eigenvalue weighted by Crippen LogP contribution is 2.40. The molecule has 0 saturated carbocycles. The lowest BCUT2D eigenvalue weighted by Gasteiger charge is -2.18. The van der Waals surface area contributed by atoms with Crippen molar-refractivity contribution in [2.75, 3.05) is 19.0 Å². The molecule has 4 aromatic rings. The van der Waals surface area contributed by atoms with Crippen LogP contribution in [0.25, 0.3) is 10.8 Å². The smallest absolute Gasteiger partial charge is 0.343 e. The van der Waals surface area contributed by atoms with Gasteiger partial charge in [0.05, 0.1) is 31.1 Å². The molecular formula is C33H31N3O7S. The van der Waals surface area contributed by atoms with Crippen molar-refractivity contribution in [2.24, 2.45) is 11.0 Å². The molecular weight excluding hydrogens is 582 g/mol. The van der Waals surface area contributed by atoms with E-state index in [9.17, 15) is 19.2 Å². The van der Waals surface area contributed by atoms with Crippen LogP contribution in [0.3, 0.4) is 0 Å². The first kappa shape index (κ1) is 30.4. The normalized spacial score (nSPS) is 14.1. The Labute approximate surface area is 258 Å². The predicted octanol–water partition coefficient (Wildman–Crippen LogP) is 5.52. The molecule has 1 atom stereocenters. The molecule has 1 aliphatic carbocycles. The molecule has 44 heavy (non-hydrogen) atoms. The number of methoxy groups -OCH3 is 1. The van der Waals surface area contributed by atoms with E-state index in [0.717, 1.165) is 28.7 Å². The van der Waals surface area contributed by atoms with Crippen LogP contribution in [-0.2, 0) is 27.2 Å². The second kappa shape index (κ2) is 13.5. The number of nitrogens with one attached hydrogen (secondary N) is 2. The molecule has 0 unspecified atom stereocenters. The average Bonchev–Trinajstić information content (AvgIpc) is 3.38. The van der Waals surface area contributed by atoms with Crippen molar-refractivity contribution in [3.63, 3.8) is 0 Å². The summed E-state index contributed by atoms with van der Waals surface area (Å²) in [5, 5.41) is 8.43. The lowest BCUT2D eigenvalue weighted by molar-refractivity contribution is -0.136. The molecule has 0 spiro atoms. The summed E-state index contributed by atoms with van der Waals surface area (Å²) in [5.41, 5.74) is 4.16. The number of esters is 2. The minimum atomic E-state index is -1.03. The number of hydrogen-bond donors (Lipinski definition) is 2. The van der Waals surface area contributed by atoms with Crippen molar-refractivity contribution in [1.82, 2.24) is 5.43 Å². The Bertz CT molecular complexity index is 1760. The van der Waals surface area contributed by atoms with Gasteiger partial charge in [0.15, 0.2) is 0 Å². The topological polar surface area (TPSA) is 132 Å². The Morgan fingerprint density at radius 3 is 2.52 bits per heavy atom. The van der Waals surface area contributed by atoms with Crippen molar-refractivity contribution in [2.45, 2.75) is 33.1 Å². The van der Waals surface area contributed by atoms with Gasteiger partial charge in [-0.25, -0.2) is 15.0 Å². The Balaban J connectivity index is 1.34. The molecule has 5 rings (SSSR count). The first-order valence-corrected chi connectivity index (χ1v) is 14.9. The largest absolute Gasteiger partial charge is 0.497 e. The van der Waals surface area contributed by atoms with Crippen LogP contribution in [-0.4, -0.2) is 43.7 Å². The number of nitrogens with zero attached hydrogens (tertiary/aromatic N) is 1. The summed E-state index contributed by atoms with van der Waals surface area (Å²) in [6.45, 7) is 4.04. The Morgan fingerprint density at radius 2 is 1.77 bits per heavy atom. The van der Waals surface area contributed by atoms with E-state index < -0.39 is 23.8 Å². The third-order valence-corrected chi connectivity index (χ3v) is 8.41. The van der Waals surface area contributed by atoms with E-state index in [2.05, 4.69) is 22.8 Å². The molecule has 226 valence electrons. The predicted molar refractivity (Wildman–Crippen MR) is 168 cm³/mol. The van der Waals surface area contributed by atoms with Gasteiger partial charge in [-0.2, -0.15) is 5.10 Å². The third kappa shape index (κ3) is 6.63. The van der Waals surface area contributed by atoms with Crippen molar-refractivity contribution in [3.8, 4) is 11.5 Å². The number of thiophene rings is 1. The van der Waals surface area contributed by atoms with E-state index in [0.29, 0.717) is 40.2 Å². The summed E-state index contributed by atoms with van der Waals surface area (Å²) in [5.74, 6) is -1.87. The summed E-state index contributed by atoms with van der Waals surface area (Å²) in [4.78, 5) is 52.3. The summed E-state index contributed by atoms with van der Waals surface area (Å²) < 4.78 is 16.1. The van der Waals surface area contributed by atoms with Crippen molar-refractivity contribution < 1.29 is 33.4 Å². The Morgan fingerprint density at radius 1 is 1.00 bits per heavy atom. The first-order chi connectivity index (χ1) is 21.3. The maximum Gasteiger partial charge on any atom is 0.343 e. The van der Waals surface area contributed by atoms with Crippen LogP contribution >= 0.6 is 11.3 Å². The van der Waals surface area contributed by atoms with Gasteiger partial charge in [-0.1, -0.05) is 37.3 Å². The fourth-order valence-corrected chi connectivity index (χ4v) is 6.40. The molecule has 0 saturated heterocycles. The van der Waals surface area contributed by atoms with Crippen molar-refractivity contribution in [1.29, 1.82) is 0 Å². The monoisotopic (exact) mass is 613 g/mol. The first-order valence-electron chi connectivity index (χ1n) is 14.1. The molecule has 3 aromatic carbocycles. The van der Waals surface area contributed by atoms with Gasteiger partial charge >= 0.3 is 23.8 Å². The number of carbonyl (C=O) groups excluding carboxylic acids is 4. The van der Waals surface area contributed by atoms with E-state index in [1.807, 2.05) is 24.3 Å². The van der Waals surface area contributed by atoms with Crippen molar-refractivity contribution >= 4 is 57.1 Å². The van der Waals surface area contributed by atoms with Crippen LogP contribution in [0.4, 0.5) is 5.00 Å². The van der Waals surface area contributed by atoms with Gasteiger partial charge in [0.2, 0.25) is 0 Å². The maximum atomic E-state index is 12.9. The number of benzene rings is 3. The molecule has 0 aliphatic heterocycles. The minimum absolute atomic E-state index is 0.188. The zero-order valence-corrected chi connectivity index (χ0v) is 25.3. The van der Waals surface area contributed by atoms with E-state index in [1.54, 1.807) is 43.3 Å². The molecule has 0 fully saturated rings. The Kier molecular flexibility index (Phi) is 9.35. The SMILES string of the molecule is CCOC(=O)c1c(NC(=O)C(=O)N/N=C\c2c(OC(=O)c3ccc(OC)cc3)ccc3ccccc23)sc2c1CC[C@H](C)C2. The number of fused-ring (bicyclic) bond motifs is 2. The van der Waals surface area contributed by atoms with Gasteiger partial charge < -0.3 is 19.5 Å². The molecule has 2 amide bonds. The highest BCUT2D eigenvalue weighted by atomic mass is 32.1. The van der Waals surface area contributed by atoms with Gasteiger partial charge in [-0.15, -0.1) is 11.3 Å². The summed E-state index contributed by atoms with van der Waals surface area (Å²) >= 11 is 1.29. The fourth-order valence-electron chi connectivity index (χ4n) is 5.01. The molecule has 1 heterocycles. The van der Waals surface area contributed by atoms with Crippen LogP contribution in [0.2, 0.25) is 0 Å².